The van der Waals surface area contributed by atoms with E-state index in [0.717, 1.165) is 19.3 Å². The Morgan fingerprint density at radius 3 is 2.65 bits per heavy atom. The van der Waals surface area contributed by atoms with E-state index >= 15 is 0 Å². The van der Waals surface area contributed by atoms with Crippen molar-refractivity contribution < 1.29 is 9.72 Å². The molecule has 0 N–H and O–H groups in total. The minimum Gasteiger partial charge on any atom is -0.334 e. The number of carbonyl (C=O) groups excluding carboxylic acids is 1. The summed E-state index contributed by atoms with van der Waals surface area (Å²) in [5.41, 5.74) is 1.15. The van der Waals surface area contributed by atoms with Crippen molar-refractivity contribution in [3.05, 3.63) is 39.4 Å². The van der Waals surface area contributed by atoms with Crippen LogP contribution < -0.4 is 0 Å². The maximum absolute atomic E-state index is 12.6. The zero-order chi connectivity index (χ0) is 14.7. The quantitative estimate of drug-likeness (QED) is 0.476. The second-order valence-corrected chi connectivity index (χ2v) is 5.41. The minimum absolute atomic E-state index is 0.00610. The predicted octanol–water partition coefficient (Wildman–Crippen LogP) is 3.14. The average molecular weight is 297 g/mol. The predicted molar refractivity (Wildman–Crippen MR) is 77.2 cm³/mol. The molecule has 0 spiro atoms. The third kappa shape index (κ3) is 2.93. The van der Waals surface area contributed by atoms with Gasteiger partial charge in [0.25, 0.3) is 11.6 Å². The van der Waals surface area contributed by atoms with Gasteiger partial charge in [-0.3, -0.25) is 14.9 Å². The molecule has 1 aliphatic carbocycles. The molecule has 0 unspecified atom stereocenters. The standard InChI is InChI=1S/C14H17ClN2O3/c1-10-9-12(17(19)20)5-6-13(10)14(18)16(8-7-15)11-3-2-4-11/h5-6,9,11H,2-4,7-8H2,1H3. The summed E-state index contributed by atoms with van der Waals surface area (Å²) in [5, 5.41) is 10.7. The first-order chi connectivity index (χ1) is 9.54. The lowest BCUT2D eigenvalue weighted by atomic mass is 9.90. The lowest BCUT2D eigenvalue weighted by Crippen LogP contribution is -2.45. The van der Waals surface area contributed by atoms with Gasteiger partial charge in [0.2, 0.25) is 0 Å². The summed E-state index contributed by atoms with van der Waals surface area (Å²) in [6.45, 7) is 2.24. The Balaban J connectivity index is 2.24. The van der Waals surface area contributed by atoms with Crippen LogP contribution in [0.4, 0.5) is 5.69 Å². The number of halogens is 1. The van der Waals surface area contributed by atoms with Gasteiger partial charge in [0.1, 0.15) is 0 Å². The molecule has 1 fully saturated rings. The van der Waals surface area contributed by atoms with Crippen LogP contribution >= 0.6 is 11.6 Å². The summed E-state index contributed by atoms with van der Waals surface area (Å²) in [5.74, 6) is 0.316. The minimum atomic E-state index is -0.455. The van der Waals surface area contributed by atoms with Crippen molar-refractivity contribution >= 4 is 23.2 Å². The normalized spacial score (nSPS) is 14.7. The van der Waals surface area contributed by atoms with Crippen molar-refractivity contribution in [3.8, 4) is 0 Å². The van der Waals surface area contributed by atoms with Gasteiger partial charge in [-0.2, -0.15) is 0 Å². The van der Waals surface area contributed by atoms with Gasteiger partial charge in [-0.1, -0.05) is 0 Å². The molecular weight excluding hydrogens is 280 g/mol. The van der Waals surface area contributed by atoms with E-state index in [0.29, 0.717) is 23.6 Å². The van der Waals surface area contributed by atoms with Crippen molar-refractivity contribution in [2.24, 2.45) is 0 Å². The zero-order valence-corrected chi connectivity index (χ0v) is 12.1. The molecule has 0 radical (unpaired) electrons. The van der Waals surface area contributed by atoms with E-state index in [1.165, 1.54) is 18.2 Å². The topological polar surface area (TPSA) is 63.5 Å². The van der Waals surface area contributed by atoms with Gasteiger partial charge in [-0.05, 0) is 37.8 Å². The average Bonchev–Trinajstić information content (AvgIpc) is 2.35. The zero-order valence-electron chi connectivity index (χ0n) is 11.3. The van der Waals surface area contributed by atoms with Crippen molar-refractivity contribution in [1.29, 1.82) is 0 Å². The number of nitrogens with zero attached hydrogens (tertiary/aromatic N) is 2. The number of non-ortho nitro benzene ring substituents is 1. The number of alkyl halides is 1. The van der Waals surface area contributed by atoms with Crippen LogP contribution in [0.2, 0.25) is 0 Å². The highest BCUT2D eigenvalue weighted by molar-refractivity contribution is 6.18. The number of hydrogen-bond donors (Lipinski definition) is 0. The van der Waals surface area contributed by atoms with Crippen LogP contribution in [-0.2, 0) is 0 Å². The van der Waals surface area contributed by atoms with Gasteiger partial charge in [0.05, 0.1) is 4.92 Å². The van der Waals surface area contributed by atoms with Crippen LogP contribution in [0.15, 0.2) is 18.2 Å². The molecule has 0 bridgehead atoms. The smallest absolute Gasteiger partial charge is 0.269 e. The molecule has 1 aromatic carbocycles. The third-order valence-corrected chi connectivity index (χ3v) is 3.92. The fourth-order valence-corrected chi connectivity index (χ4v) is 2.58. The molecule has 2 rings (SSSR count). The van der Waals surface area contributed by atoms with Crippen LogP contribution in [0.3, 0.4) is 0 Å². The highest BCUT2D eigenvalue weighted by atomic mass is 35.5. The molecule has 1 aliphatic rings. The number of benzene rings is 1. The highest BCUT2D eigenvalue weighted by Crippen LogP contribution is 2.27. The summed E-state index contributed by atoms with van der Waals surface area (Å²) in [6.07, 6.45) is 3.15. The van der Waals surface area contributed by atoms with E-state index < -0.39 is 4.92 Å². The van der Waals surface area contributed by atoms with Crippen molar-refractivity contribution in [3.63, 3.8) is 0 Å². The van der Waals surface area contributed by atoms with E-state index in [4.69, 9.17) is 11.6 Å². The second kappa shape index (κ2) is 6.22. The molecule has 0 heterocycles. The van der Waals surface area contributed by atoms with Crippen LogP contribution in [-0.4, -0.2) is 34.2 Å². The number of hydrogen-bond acceptors (Lipinski definition) is 3. The van der Waals surface area contributed by atoms with Crippen LogP contribution in [0, 0.1) is 17.0 Å². The van der Waals surface area contributed by atoms with E-state index in [1.807, 2.05) is 0 Å². The largest absolute Gasteiger partial charge is 0.334 e. The van der Waals surface area contributed by atoms with Crippen molar-refractivity contribution in [1.82, 2.24) is 4.90 Å². The van der Waals surface area contributed by atoms with Crippen molar-refractivity contribution in [2.45, 2.75) is 32.2 Å². The number of carbonyl (C=O) groups is 1. The Morgan fingerprint density at radius 1 is 1.50 bits per heavy atom. The summed E-state index contributed by atoms with van der Waals surface area (Å²) < 4.78 is 0. The molecule has 0 aromatic heterocycles. The third-order valence-electron chi connectivity index (χ3n) is 3.75. The Hall–Kier alpha value is -1.62. The molecule has 0 saturated heterocycles. The number of rotatable bonds is 5. The molecule has 6 heteroatoms. The molecule has 20 heavy (non-hydrogen) atoms. The van der Waals surface area contributed by atoms with E-state index in [-0.39, 0.29) is 17.6 Å². The number of amides is 1. The Bertz CT molecular complexity index is 529. The number of nitro groups is 1. The fraction of sp³-hybridized carbons (Fsp3) is 0.500. The van der Waals surface area contributed by atoms with Gasteiger partial charge < -0.3 is 4.90 Å². The maximum Gasteiger partial charge on any atom is 0.269 e. The van der Waals surface area contributed by atoms with Gasteiger partial charge in [0.15, 0.2) is 0 Å². The second-order valence-electron chi connectivity index (χ2n) is 5.03. The summed E-state index contributed by atoms with van der Waals surface area (Å²) in [7, 11) is 0. The fourth-order valence-electron chi connectivity index (χ4n) is 2.40. The molecular formula is C14H17ClN2O3. The van der Waals surface area contributed by atoms with Gasteiger partial charge >= 0.3 is 0 Å². The highest BCUT2D eigenvalue weighted by Gasteiger charge is 2.29. The Labute approximate surface area is 122 Å². The number of aryl methyl sites for hydroxylation is 1. The van der Waals surface area contributed by atoms with Gasteiger partial charge in [0, 0.05) is 36.2 Å². The SMILES string of the molecule is Cc1cc([N+](=O)[O-])ccc1C(=O)N(CCCl)C1CCC1. The first-order valence-electron chi connectivity index (χ1n) is 6.66. The Morgan fingerprint density at radius 2 is 2.20 bits per heavy atom. The van der Waals surface area contributed by atoms with Crippen molar-refractivity contribution in [2.75, 3.05) is 12.4 Å². The lowest BCUT2D eigenvalue weighted by Gasteiger charge is -2.37. The molecule has 0 aliphatic heterocycles. The van der Waals surface area contributed by atoms with Crippen LogP contribution in [0.5, 0.6) is 0 Å². The molecule has 0 atom stereocenters. The molecule has 1 amide bonds. The Kier molecular flexibility index (Phi) is 4.60. The van der Waals surface area contributed by atoms with E-state index in [2.05, 4.69) is 0 Å². The van der Waals surface area contributed by atoms with Gasteiger partial charge in [-0.15, -0.1) is 11.6 Å². The molecule has 1 aromatic rings. The first kappa shape index (κ1) is 14.8. The van der Waals surface area contributed by atoms with Gasteiger partial charge in [-0.25, -0.2) is 0 Å². The monoisotopic (exact) mass is 296 g/mol. The van der Waals surface area contributed by atoms with Crippen LogP contribution in [0.1, 0.15) is 35.2 Å². The summed E-state index contributed by atoms with van der Waals surface area (Å²) >= 11 is 5.78. The lowest BCUT2D eigenvalue weighted by molar-refractivity contribution is -0.384. The molecule has 5 nitrogen and oxygen atoms in total. The summed E-state index contributed by atoms with van der Waals surface area (Å²) in [6, 6.07) is 4.61. The molecule has 1 saturated carbocycles. The van der Waals surface area contributed by atoms with Crippen LogP contribution in [0.25, 0.3) is 0 Å². The number of nitro benzene ring substituents is 1. The van der Waals surface area contributed by atoms with E-state index in [1.54, 1.807) is 11.8 Å². The summed E-state index contributed by atoms with van der Waals surface area (Å²) in [4.78, 5) is 24.6. The first-order valence-corrected chi connectivity index (χ1v) is 7.20. The maximum atomic E-state index is 12.6. The molecule has 108 valence electrons. The van der Waals surface area contributed by atoms with E-state index in [9.17, 15) is 14.9 Å².